The summed E-state index contributed by atoms with van der Waals surface area (Å²) in [4.78, 5) is 20.8. The van der Waals surface area contributed by atoms with Gasteiger partial charge in [0.25, 0.3) is 0 Å². The molecule has 0 saturated heterocycles. The van der Waals surface area contributed by atoms with Crippen LogP contribution in [0.4, 0.5) is 0 Å². The van der Waals surface area contributed by atoms with Gasteiger partial charge in [0.1, 0.15) is 0 Å². The van der Waals surface area contributed by atoms with Crippen molar-refractivity contribution < 1.29 is 0 Å². The van der Waals surface area contributed by atoms with Gasteiger partial charge in [0.2, 0.25) is 5.56 Å². The van der Waals surface area contributed by atoms with E-state index in [0.717, 1.165) is 30.9 Å². The first-order valence-corrected chi connectivity index (χ1v) is 8.71. The zero-order valence-corrected chi connectivity index (χ0v) is 14.5. The van der Waals surface area contributed by atoms with Crippen LogP contribution >= 0.6 is 0 Å². The third-order valence-electron chi connectivity index (χ3n) is 4.88. The lowest BCUT2D eigenvalue weighted by Gasteiger charge is -2.28. The SMILES string of the molecule is CCC(C)C1=CCN(Cc2ccc(-c3ccc(=O)[nH]c3)nc2)CC1. The monoisotopic (exact) mass is 323 g/mol. The second-order valence-corrected chi connectivity index (χ2v) is 6.57. The molecule has 4 nitrogen and oxygen atoms in total. The van der Waals surface area contributed by atoms with Crippen LogP contribution in [-0.2, 0) is 6.54 Å². The highest BCUT2D eigenvalue weighted by molar-refractivity contribution is 5.57. The summed E-state index contributed by atoms with van der Waals surface area (Å²) in [5, 5.41) is 0. The van der Waals surface area contributed by atoms with Crippen LogP contribution in [0.1, 0.15) is 32.3 Å². The second-order valence-electron chi connectivity index (χ2n) is 6.57. The van der Waals surface area contributed by atoms with Crippen LogP contribution < -0.4 is 5.56 Å². The predicted molar refractivity (Wildman–Crippen MR) is 97.7 cm³/mol. The number of nitrogens with one attached hydrogen (secondary N) is 1. The van der Waals surface area contributed by atoms with Crippen molar-refractivity contribution in [2.45, 2.75) is 33.2 Å². The third kappa shape index (κ3) is 4.01. The van der Waals surface area contributed by atoms with E-state index >= 15 is 0 Å². The van der Waals surface area contributed by atoms with Crippen LogP contribution in [0.15, 0.2) is 53.1 Å². The van der Waals surface area contributed by atoms with Gasteiger partial charge in [-0.25, -0.2) is 0 Å². The fourth-order valence-electron chi connectivity index (χ4n) is 3.10. The maximum Gasteiger partial charge on any atom is 0.247 e. The standard InChI is InChI=1S/C20H25N3O/c1-3-15(2)17-8-10-23(11-9-17)14-16-4-6-19(21-12-16)18-5-7-20(24)22-13-18/h4-8,12-13,15H,3,9-11,14H2,1-2H3,(H,22,24). The average Bonchev–Trinajstić information content (AvgIpc) is 2.63. The summed E-state index contributed by atoms with van der Waals surface area (Å²) >= 11 is 0. The topological polar surface area (TPSA) is 49.0 Å². The molecule has 126 valence electrons. The maximum atomic E-state index is 11.1. The molecule has 3 heterocycles. The van der Waals surface area contributed by atoms with Crippen molar-refractivity contribution in [1.29, 1.82) is 0 Å². The van der Waals surface area contributed by atoms with E-state index in [2.05, 4.69) is 40.9 Å². The summed E-state index contributed by atoms with van der Waals surface area (Å²) in [5.74, 6) is 0.713. The Balaban J connectivity index is 1.62. The number of H-pyrrole nitrogens is 1. The first-order chi connectivity index (χ1) is 11.7. The molecule has 2 aromatic rings. The first kappa shape index (κ1) is 16.7. The average molecular weight is 323 g/mol. The fraction of sp³-hybridized carbons (Fsp3) is 0.400. The van der Waals surface area contributed by atoms with Crippen LogP contribution in [0.2, 0.25) is 0 Å². The molecule has 1 unspecified atom stereocenters. The molecule has 24 heavy (non-hydrogen) atoms. The summed E-state index contributed by atoms with van der Waals surface area (Å²) in [5.41, 5.74) is 4.56. The minimum Gasteiger partial charge on any atom is -0.328 e. The number of aromatic amines is 1. The van der Waals surface area contributed by atoms with E-state index in [1.165, 1.54) is 24.5 Å². The predicted octanol–water partition coefficient (Wildman–Crippen LogP) is 3.62. The number of nitrogens with zero attached hydrogens (tertiary/aromatic N) is 2. The van der Waals surface area contributed by atoms with Crippen molar-refractivity contribution >= 4 is 0 Å². The van der Waals surface area contributed by atoms with Gasteiger partial charge < -0.3 is 4.98 Å². The van der Waals surface area contributed by atoms with Crippen molar-refractivity contribution in [2.24, 2.45) is 5.92 Å². The molecule has 1 aliphatic heterocycles. The molecule has 1 aliphatic rings. The molecule has 2 aromatic heterocycles. The molecule has 0 fully saturated rings. The maximum absolute atomic E-state index is 11.1. The van der Waals surface area contributed by atoms with Gasteiger partial charge in [-0.2, -0.15) is 0 Å². The minimum absolute atomic E-state index is 0.0923. The molecular formula is C20H25N3O. The summed E-state index contributed by atoms with van der Waals surface area (Å²) in [6.45, 7) is 7.66. The zero-order chi connectivity index (χ0) is 16.9. The van der Waals surface area contributed by atoms with E-state index in [1.54, 1.807) is 17.8 Å². The van der Waals surface area contributed by atoms with Gasteiger partial charge in [0, 0.05) is 43.7 Å². The van der Waals surface area contributed by atoms with Crippen LogP contribution in [0.5, 0.6) is 0 Å². The van der Waals surface area contributed by atoms with Crippen LogP contribution in [-0.4, -0.2) is 28.0 Å². The van der Waals surface area contributed by atoms with E-state index in [9.17, 15) is 4.79 Å². The Hall–Kier alpha value is -2.20. The van der Waals surface area contributed by atoms with Gasteiger partial charge >= 0.3 is 0 Å². The third-order valence-corrected chi connectivity index (χ3v) is 4.88. The van der Waals surface area contributed by atoms with Crippen molar-refractivity contribution in [3.63, 3.8) is 0 Å². The molecular weight excluding hydrogens is 298 g/mol. The van der Waals surface area contributed by atoms with Gasteiger partial charge in [0.15, 0.2) is 0 Å². The Morgan fingerprint density at radius 1 is 1.29 bits per heavy atom. The minimum atomic E-state index is -0.0923. The zero-order valence-electron chi connectivity index (χ0n) is 14.5. The van der Waals surface area contributed by atoms with Gasteiger partial charge in [0.05, 0.1) is 5.69 Å². The second kappa shape index (κ2) is 7.58. The van der Waals surface area contributed by atoms with E-state index in [-0.39, 0.29) is 5.56 Å². The van der Waals surface area contributed by atoms with Crippen LogP contribution in [0.25, 0.3) is 11.3 Å². The van der Waals surface area contributed by atoms with E-state index in [0.29, 0.717) is 5.92 Å². The summed E-state index contributed by atoms with van der Waals surface area (Å²) in [6, 6.07) is 7.47. The summed E-state index contributed by atoms with van der Waals surface area (Å²) < 4.78 is 0. The van der Waals surface area contributed by atoms with E-state index in [4.69, 9.17) is 0 Å². The highest BCUT2D eigenvalue weighted by Crippen LogP contribution is 2.23. The molecule has 4 heteroatoms. The van der Waals surface area contributed by atoms with E-state index < -0.39 is 0 Å². The molecule has 0 amide bonds. The lowest BCUT2D eigenvalue weighted by molar-refractivity contribution is 0.279. The number of rotatable bonds is 5. The molecule has 0 saturated carbocycles. The van der Waals surface area contributed by atoms with Gasteiger partial charge in [-0.1, -0.05) is 31.6 Å². The smallest absolute Gasteiger partial charge is 0.247 e. The Bertz CT molecular complexity index is 741. The number of aromatic nitrogens is 2. The molecule has 3 rings (SSSR count). The number of hydrogen-bond donors (Lipinski definition) is 1. The first-order valence-electron chi connectivity index (χ1n) is 8.71. The summed E-state index contributed by atoms with van der Waals surface area (Å²) in [6.07, 6.45) is 8.45. The quantitative estimate of drug-likeness (QED) is 0.855. The van der Waals surface area contributed by atoms with Crippen molar-refractivity contribution in [3.05, 3.63) is 64.2 Å². The van der Waals surface area contributed by atoms with Gasteiger partial charge in [-0.05, 0) is 36.5 Å². The highest BCUT2D eigenvalue weighted by atomic mass is 16.1. The van der Waals surface area contributed by atoms with Crippen molar-refractivity contribution in [3.8, 4) is 11.3 Å². The molecule has 0 bridgehead atoms. The Morgan fingerprint density at radius 2 is 2.17 bits per heavy atom. The van der Waals surface area contributed by atoms with Crippen LogP contribution in [0, 0.1) is 5.92 Å². The van der Waals surface area contributed by atoms with Gasteiger partial charge in [-0.3, -0.25) is 14.7 Å². The van der Waals surface area contributed by atoms with Crippen molar-refractivity contribution in [1.82, 2.24) is 14.9 Å². The summed E-state index contributed by atoms with van der Waals surface area (Å²) in [7, 11) is 0. The van der Waals surface area contributed by atoms with Gasteiger partial charge in [-0.15, -0.1) is 0 Å². The lowest BCUT2D eigenvalue weighted by Crippen LogP contribution is -2.29. The molecule has 0 aromatic carbocycles. The largest absolute Gasteiger partial charge is 0.328 e. The number of pyridine rings is 2. The fourth-order valence-corrected chi connectivity index (χ4v) is 3.10. The normalized spacial score (nSPS) is 16.7. The molecule has 0 aliphatic carbocycles. The Labute approximate surface area is 143 Å². The molecule has 1 N–H and O–H groups in total. The Kier molecular flexibility index (Phi) is 5.26. The highest BCUT2D eigenvalue weighted by Gasteiger charge is 2.15. The molecule has 1 atom stereocenters. The van der Waals surface area contributed by atoms with Crippen molar-refractivity contribution in [2.75, 3.05) is 13.1 Å². The molecule has 0 spiro atoms. The number of hydrogen-bond acceptors (Lipinski definition) is 3. The lowest BCUT2D eigenvalue weighted by atomic mass is 9.93. The van der Waals surface area contributed by atoms with E-state index in [1.807, 2.05) is 12.3 Å². The Morgan fingerprint density at radius 3 is 2.75 bits per heavy atom. The molecule has 0 radical (unpaired) electrons. The van der Waals surface area contributed by atoms with Crippen LogP contribution in [0.3, 0.4) is 0 Å².